The number of anilines is 1. The molecule has 0 aromatic heterocycles. The first-order valence-electron chi connectivity index (χ1n) is 5.90. The van der Waals surface area contributed by atoms with Crippen molar-refractivity contribution < 1.29 is 18.7 Å². The number of alkyl halides is 2. The van der Waals surface area contributed by atoms with Gasteiger partial charge in [0.1, 0.15) is 0 Å². The van der Waals surface area contributed by atoms with Crippen molar-refractivity contribution in [3.63, 3.8) is 0 Å². The van der Waals surface area contributed by atoms with Crippen molar-refractivity contribution in [2.24, 2.45) is 0 Å². The predicted molar refractivity (Wildman–Crippen MR) is 64.2 cm³/mol. The van der Waals surface area contributed by atoms with Crippen molar-refractivity contribution in [1.29, 1.82) is 0 Å². The van der Waals surface area contributed by atoms with E-state index in [9.17, 15) is 13.6 Å². The number of piperidine rings is 1. The van der Waals surface area contributed by atoms with E-state index in [1.54, 1.807) is 18.2 Å². The second-order valence-electron chi connectivity index (χ2n) is 4.58. The van der Waals surface area contributed by atoms with Crippen molar-refractivity contribution in [3.05, 3.63) is 29.8 Å². The van der Waals surface area contributed by atoms with E-state index < -0.39 is 11.9 Å². The minimum absolute atomic E-state index is 0.0438. The first-order chi connectivity index (χ1) is 8.46. The van der Waals surface area contributed by atoms with Crippen LogP contribution in [0.4, 0.5) is 14.5 Å². The molecule has 1 aliphatic rings. The number of benzene rings is 1. The highest BCUT2D eigenvalue weighted by atomic mass is 19.3. The second-order valence-corrected chi connectivity index (χ2v) is 4.58. The van der Waals surface area contributed by atoms with Crippen molar-refractivity contribution >= 4 is 11.7 Å². The number of hydrogen-bond donors (Lipinski definition) is 1. The molecule has 1 fully saturated rings. The van der Waals surface area contributed by atoms with Gasteiger partial charge in [0.25, 0.3) is 5.92 Å². The molecule has 0 atom stereocenters. The lowest BCUT2D eigenvalue weighted by molar-refractivity contribution is -0.136. The minimum atomic E-state index is -2.56. The fraction of sp³-hybridized carbons (Fsp3) is 0.462. The summed E-state index contributed by atoms with van der Waals surface area (Å²) >= 11 is 0. The van der Waals surface area contributed by atoms with Gasteiger partial charge in [0.05, 0.1) is 6.42 Å². The molecule has 18 heavy (non-hydrogen) atoms. The highest BCUT2D eigenvalue weighted by molar-refractivity contribution is 5.70. The van der Waals surface area contributed by atoms with Crippen LogP contribution >= 0.6 is 0 Å². The number of carboxylic acid groups (broad SMARTS) is 1. The van der Waals surface area contributed by atoms with Crippen molar-refractivity contribution in [3.8, 4) is 0 Å². The highest BCUT2D eigenvalue weighted by Crippen LogP contribution is 2.30. The van der Waals surface area contributed by atoms with Crippen molar-refractivity contribution in [2.75, 3.05) is 18.0 Å². The summed E-state index contributed by atoms with van der Waals surface area (Å²) in [4.78, 5) is 12.5. The topological polar surface area (TPSA) is 40.5 Å². The van der Waals surface area contributed by atoms with Gasteiger partial charge in [-0.05, 0) is 17.7 Å². The van der Waals surface area contributed by atoms with Gasteiger partial charge >= 0.3 is 5.97 Å². The fourth-order valence-electron chi connectivity index (χ4n) is 2.13. The lowest BCUT2D eigenvalue weighted by atomic mass is 10.0. The molecule has 1 aromatic carbocycles. The van der Waals surface area contributed by atoms with Crippen LogP contribution in [0.15, 0.2) is 24.3 Å². The van der Waals surface area contributed by atoms with Gasteiger partial charge in [-0.3, -0.25) is 4.79 Å². The third kappa shape index (κ3) is 3.18. The number of hydrogen-bond acceptors (Lipinski definition) is 2. The standard InChI is InChI=1S/C13H15F2NO2/c14-13(15)4-6-16(7-5-13)11-3-1-2-10(8-11)9-12(17)18/h1-3,8H,4-7,9H2,(H,17,18). The molecule has 0 aliphatic carbocycles. The maximum absolute atomic E-state index is 13.0. The Morgan fingerprint density at radius 2 is 2.00 bits per heavy atom. The van der Waals surface area contributed by atoms with Crippen LogP contribution in [-0.4, -0.2) is 30.1 Å². The molecule has 3 nitrogen and oxygen atoms in total. The van der Waals surface area contributed by atoms with Gasteiger partial charge in [0.2, 0.25) is 0 Å². The maximum Gasteiger partial charge on any atom is 0.307 e. The zero-order valence-electron chi connectivity index (χ0n) is 9.90. The Kier molecular flexibility index (Phi) is 3.50. The number of rotatable bonds is 3. The first kappa shape index (κ1) is 12.8. The summed E-state index contributed by atoms with van der Waals surface area (Å²) in [5.41, 5.74) is 1.52. The molecule has 1 aliphatic heterocycles. The molecular formula is C13H15F2NO2. The van der Waals surface area contributed by atoms with Crippen molar-refractivity contribution in [2.45, 2.75) is 25.2 Å². The molecule has 98 valence electrons. The van der Waals surface area contributed by atoms with Crippen LogP contribution in [0.3, 0.4) is 0 Å². The zero-order valence-corrected chi connectivity index (χ0v) is 9.90. The summed E-state index contributed by atoms with van der Waals surface area (Å²) in [5, 5.41) is 8.72. The Labute approximate surface area is 104 Å². The summed E-state index contributed by atoms with van der Waals surface area (Å²) in [6, 6.07) is 7.09. The van der Waals surface area contributed by atoms with E-state index in [2.05, 4.69) is 0 Å². The molecule has 0 spiro atoms. The average molecular weight is 255 g/mol. The van der Waals surface area contributed by atoms with E-state index >= 15 is 0 Å². The van der Waals surface area contributed by atoms with Crippen LogP contribution in [0.2, 0.25) is 0 Å². The van der Waals surface area contributed by atoms with Gasteiger partial charge < -0.3 is 10.0 Å². The molecular weight excluding hydrogens is 240 g/mol. The van der Waals surface area contributed by atoms with Gasteiger partial charge in [-0.15, -0.1) is 0 Å². The van der Waals surface area contributed by atoms with Crippen LogP contribution in [0.25, 0.3) is 0 Å². The van der Waals surface area contributed by atoms with E-state index in [1.165, 1.54) is 0 Å². The number of halogens is 2. The summed E-state index contributed by atoms with van der Waals surface area (Å²) in [6.07, 6.45) is -0.329. The molecule has 0 saturated carbocycles. The molecule has 1 saturated heterocycles. The van der Waals surface area contributed by atoms with Crippen LogP contribution in [0.5, 0.6) is 0 Å². The van der Waals surface area contributed by atoms with E-state index in [0.29, 0.717) is 18.7 Å². The number of nitrogens with zero attached hydrogens (tertiary/aromatic N) is 1. The monoisotopic (exact) mass is 255 g/mol. The largest absolute Gasteiger partial charge is 0.481 e. The van der Waals surface area contributed by atoms with Crippen LogP contribution in [0, 0.1) is 0 Å². The molecule has 2 rings (SSSR count). The fourth-order valence-corrected chi connectivity index (χ4v) is 2.13. The van der Waals surface area contributed by atoms with E-state index in [1.807, 2.05) is 11.0 Å². The molecule has 1 N–H and O–H groups in total. The van der Waals surface area contributed by atoms with Gasteiger partial charge in [0, 0.05) is 31.6 Å². The Balaban J connectivity index is 2.07. The second kappa shape index (κ2) is 4.92. The maximum atomic E-state index is 13.0. The molecule has 0 radical (unpaired) electrons. The quantitative estimate of drug-likeness (QED) is 0.902. The SMILES string of the molecule is O=C(O)Cc1cccc(N2CCC(F)(F)CC2)c1. The van der Waals surface area contributed by atoms with Gasteiger partial charge in [-0.25, -0.2) is 8.78 Å². The Hall–Kier alpha value is -1.65. The van der Waals surface area contributed by atoms with E-state index in [4.69, 9.17) is 5.11 Å². The molecule has 0 unspecified atom stereocenters. The molecule has 1 aromatic rings. The summed E-state index contributed by atoms with van der Waals surface area (Å²) in [6.45, 7) is 0.618. The van der Waals surface area contributed by atoms with Crippen LogP contribution < -0.4 is 4.90 Å². The average Bonchev–Trinajstić information content (AvgIpc) is 2.28. The molecule has 0 amide bonds. The zero-order chi connectivity index (χ0) is 13.2. The Morgan fingerprint density at radius 1 is 1.33 bits per heavy atom. The summed E-state index contributed by atoms with van der Waals surface area (Å²) in [7, 11) is 0. The number of aliphatic carboxylic acids is 1. The number of carboxylic acids is 1. The van der Waals surface area contributed by atoms with Crippen LogP contribution in [0.1, 0.15) is 18.4 Å². The van der Waals surface area contributed by atoms with Gasteiger partial charge in [-0.2, -0.15) is 0 Å². The highest BCUT2D eigenvalue weighted by Gasteiger charge is 2.33. The molecule has 5 heteroatoms. The number of carbonyl (C=O) groups is 1. The Morgan fingerprint density at radius 3 is 2.61 bits per heavy atom. The van der Waals surface area contributed by atoms with Crippen molar-refractivity contribution in [1.82, 2.24) is 0 Å². The van der Waals surface area contributed by atoms with E-state index in [0.717, 1.165) is 5.69 Å². The Bertz CT molecular complexity index is 438. The lowest BCUT2D eigenvalue weighted by Gasteiger charge is -2.33. The third-order valence-corrected chi connectivity index (χ3v) is 3.13. The normalized spacial score (nSPS) is 18.7. The van der Waals surface area contributed by atoms with Gasteiger partial charge in [-0.1, -0.05) is 12.1 Å². The molecule has 0 bridgehead atoms. The van der Waals surface area contributed by atoms with Crippen LogP contribution in [-0.2, 0) is 11.2 Å². The third-order valence-electron chi connectivity index (χ3n) is 3.13. The van der Waals surface area contributed by atoms with E-state index in [-0.39, 0.29) is 19.3 Å². The lowest BCUT2D eigenvalue weighted by Crippen LogP contribution is -2.39. The smallest absolute Gasteiger partial charge is 0.307 e. The minimum Gasteiger partial charge on any atom is -0.481 e. The molecule has 1 heterocycles. The van der Waals surface area contributed by atoms with Gasteiger partial charge in [0.15, 0.2) is 0 Å². The summed E-state index contributed by atoms with van der Waals surface area (Å²) < 4.78 is 26.1. The summed E-state index contributed by atoms with van der Waals surface area (Å²) in [5.74, 6) is -3.45. The first-order valence-corrected chi connectivity index (χ1v) is 5.90. The predicted octanol–water partition coefficient (Wildman–Crippen LogP) is 2.55.